The molecular formula is C13H28O4SSi. The molecule has 0 aromatic carbocycles. The summed E-state index contributed by atoms with van der Waals surface area (Å²) in [6.45, 7) is 3.75. The lowest BCUT2D eigenvalue weighted by molar-refractivity contribution is -0.109. The van der Waals surface area contributed by atoms with Crippen molar-refractivity contribution in [3.8, 4) is 0 Å². The summed E-state index contributed by atoms with van der Waals surface area (Å²) in [5.74, 6) is 0. The third-order valence-electron chi connectivity index (χ3n) is 3.14. The lowest BCUT2D eigenvalue weighted by Gasteiger charge is -2.24. The number of carbonyl (C=O) groups is 1. The van der Waals surface area contributed by atoms with Crippen LogP contribution >= 0.6 is 11.8 Å². The van der Waals surface area contributed by atoms with E-state index in [1.54, 1.807) is 28.3 Å². The summed E-state index contributed by atoms with van der Waals surface area (Å²) < 4.78 is 16.1. The number of hydrogen-bond donors (Lipinski definition) is 0. The zero-order chi connectivity index (χ0) is 14.7. The van der Waals surface area contributed by atoms with Crippen LogP contribution in [0, 0.1) is 0 Å². The smallest absolute Gasteiger partial charge is 0.377 e. The second-order valence-corrected chi connectivity index (χ2v) is 9.37. The third kappa shape index (κ3) is 8.81. The number of thioether (sulfide) groups is 1. The second-order valence-electron chi connectivity index (χ2n) is 4.67. The number of rotatable bonds is 11. The van der Waals surface area contributed by atoms with Crippen molar-refractivity contribution in [1.82, 2.24) is 0 Å². The van der Waals surface area contributed by atoms with Crippen LogP contribution < -0.4 is 0 Å². The maximum absolute atomic E-state index is 10.9. The highest BCUT2D eigenvalue weighted by Crippen LogP contribution is 2.20. The van der Waals surface area contributed by atoms with E-state index in [1.807, 2.05) is 0 Å². The number of hydrogen-bond acceptors (Lipinski definition) is 5. The fourth-order valence-corrected chi connectivity index (χ4v) is 4.67. The van der Waals surface area contributed by atoms with Gasteiger partial charge in [0.2, 0.25) is 0 Å². The van der Waals surface area contributed by atoms with Crippen molar-refractivity contribution in [2.24, 2.45) is 0 Å². The molecule has 0 rings (SSSR count). The van der Waals surface area contributed by atoms with E-state index in [9.17, 15) is 4.79 Å². The maximum Gasteiger partial charge on any atom is 0.500 e. The van der Waals surface area contributed by atoms with Gasteiger partial charge in [-0.3, -0.25) is 4.79 Å². The highest BCUT2D eigenvalue weighted by Gasteiger charge is 2.36. The molecule has 0 aliphatic heterocycles. The van der Waals surface area contributed by atoms with Gasteiger partial charge in [-0.05, 0) is 12.8 Å². The van der Waals surface area contributed by atoms with Gasteiger partial charge in [0.1, 0.15) is 0 Å². The van der Waals surface area contributed by atoms with Gasteiger partial charge in [-0.25, -0.2) is 0 Å². The monoisotopic (exact) mass is 308 g/mol. The molecular weight excluding hydrogens is 280 g/mol. The minimum absolute atomic E-state index is 0.212. The molecule has 0 N–H and O–H groups in total. The topological polar surface area (TPSA) is 44.8 Å². The molecule has 0 bridgehead atoms. The van der Waals surface area contributed by atoms with E-state index < -0.39 is 8.80 Å². The second kappa shape index (κ2) is 10.9. The first-order valence-corrected chi connectivity index (χ1v) is 9.63. The molecule has 0 radical (unpaired) electrons. The molecule has 1 unspecified atom stereocenters. The van der Waals surface area contributed by atoms with E-state index in [0.717, 1.165) is 25.3 Å². The quantitative estimate of drug-likeness (QED) is 0.432. The molecule has 0 saturated carbocycles. The van der Waals surface area contributed by atoms with Crippen molar-refractivity contribution < 1.29 is 18.1 Å². The molecule has 114 valence electrons. The first kappa shape index (κ1) is 19.1. The van der Waals surface area contributed by atoms with Gasteiger partial charge in [0.25, 0.3) is 0 Å². The van der Waals surface area contributed by atoms with Crippen molar-refractivity contribution >= 4 is 25.7 Å². The van der Waals surface area contributed by atoms with Crippen LogP contribution in [0.3, 0.4) is 0 Å². The van der Waals surface area contributed by atoms with Gasteiger partial charge in [0.05, 0.1) is 0 Å². The summed E-state index contributed by atoms with van der Waals surface area (Å²) in [5.41, 5.74) is 0. The van der Waals surface area contributed by atoms with Crippen LogP contribution in [-0.4, -0.2) is 40.5 Å². The molecule has 19 heavy (non-hydrogen) atoms. The van der Waals surface area contributed by atoms with E-state index in [-0.39, 0.29) is 5.12 Å². The number of carbonyl (C=O) groups excluding carboxylic acids is 1. The van der Waals surface area contributed by atoms with Gasteiger partial charge in [-0.1, -0.05) is 37.9 Å². The highest BCUT2D eigenvalue weighted by molar-refractivity contribution is 8.14. The summed E-state index contributed by atoms with van der Waals surface area (Å²) in [6, 6.07) is 0.869. The third-order valence-corrected chi connectivity index (χ3v) is 6.95. The Hall–Kier alpha value is 0.117. The Balaban J connectivity index is 3.62. The molecule has 0 saturated heterocycles. The fraction of sp³-hybridized carbons (Fsp3) is 0.923. The van der Waals surface area contributed by atoms with Crippen molar-refractivity contribution in [2.75, 3.05) is 21.3 Å². The minimum atomic E-state index is -2.37. The van der Waals surface area contributed by atoms with Crippen LogP contribution in [-0.2, 0) is 18.1 Å². The predicted molar refractivity (Wildman–Crippen MR) is 82.4 cm³/mol. The maximum atomic E-state index is 10.9. The Morgan fingerprint density at radius 2 is 1.58 bits per heavy atom. The summed E-state index contributed by atoms with van der Waals surface area (Å²) in [4.78, 5) is 10.9. The fourth-order valence-electron chi connectivity index (χ4n) is 2.03. The molecule has 0 aromatic rings. The largest absolute Gasteiger partial charge is 0.500 e. The molecule has 0 aliphatic rings. The molecule has 0 heterocycles. The Labute approximate surface area is 122 Å². The molecule has 6 heteroatoms. The first-order valence-electron chi connectivity index (χ1n) is 6.82. The van der Waals surface area contributed by atoms with Gasteiger partial charge >= 0.3 is 8.80 Å². The first-order chi connectivity index (χ1) is 8.99. The van der Waals surface area contributed by atoms with Crippen LogP contribution in [0.25, 0.3) is 0 Å². The summed E-state index contributed by atoms with van der Waals surface area (Å²) >= 11 is 1.44. The number of unbranched alkanes of at least 4 members (excludes halogenated alkanes) is 3. The molecule has 0 fully saturated rings. The summed E-state index contributed by atoms with van der Waals surface area (Å²) in [5, 5.41) is 0.645. The van der Waals surface area contributed by atoms with E-state index in [4.69, 9.17) is 13.3 Å². The lowest BCUT2D eigenvalue weighted by Crippen LogP contribution is -2.42. The Morgan fingerprint density at radius 3 is 2.05 bits per heavy atom. The van der Waals surface area contributed by atoms with Crippen LogP contribution in [0.4, 0.5) is 0 Å². The highest BCUT2D eigenvalue weighted by atomic mass is 32.2. The van der Waals surface area contributed by atoms with Gasteiger partial charge in [-0.15, -0.1) is 0 Å². The van der Waals surface area contributed by atoms with Gasteiger partial charge < -0.3 is 13.3 Å². The molecule has 0 aliphatic carbocycles. The van der Waals surface area contributed by atoms with Crippen LogP contribution in [0.5, 0.6) is 0 Å². The van der Waals surface area contributed by atoms with E-state index in [2.05, 4.69) is 6.92 Å². The van der Waals surface area contributed by atoms with Gasteiger partial charge in [0.15, 0.2) is 5.12 Å². The van der Waals surface area contributed by atoms with E-state index in [1.165, 1.54) is 24.6 Å². The standard InChI is InChI=1S/C13H28O4SSi/c1-12(18-13(2)14)10-8-6-7-9-11-19(15-3,16-4)17-5/h12H,6-11H2,1-5H3. The van der Waals surface area contributed by atoms with Crippen LogP contribution in [0.1, 0.15) is 46.0 Å². The van der Waals surface area contributed by atoms with Gasteiger partial charge in [-0.2, -0.15) is 0 Å². The molecule has 0 amide bonds. The van der Waals surface area contributed by atoms with Gasteiger partial charge in [0, 0.05) is 39.5 Å². The average molecular weight is 309 g/mol. The zero-order valence-electron chi connectivity index (χ0n) is 12.9. The van der Waals surface area contributed by atoms with Crippen LogP contribution in [0.2, 0.25) is 6.04 Å². The Morgan fingerprint density at radius 1 is 1.05 bits per heavy atom. The predicted octanol–water partition coefficient (Wildman–Crippen LogP) is 3.48. The molecule has 0 aromatic heterocycles. The van der Waals surface area contributed by atoms with Crippen molar-refractivity contribution in [3.63, 3.8) is 0 Å². The SMILES string of the molecule is CO[Si](CCCCCCC(C)SC(C)=O)(OC)OC. The molecule has 0 spiro atoms. The Bertz CT molecular complexity index is 239. The van der Waals surface area contributed by atoms with Crippen molar-refractivity contribution in [2.45, 2.75) is 57.2 Å². The van der Waals surface area contributed by atoms with Crippen LogP contribution in [0.15, 0.2) is 0 Å². The summed E-state index contributed by atoms with van der Waals surface area (Å²) in [6.07, 6.45) is 5.68. The molecule has 1 atom stereocenters. The average Bonchev–Trinajstić information content (AvgIpc) is 2.38. The van der Waals surface area contributed by atoms with E-state index >= 15 is 0 Å². The van der Waals surface area contributed by atoms with E-state index in [0.29, 0.717) is 5.25 Å². The lowest BCUT2D eigenvalue weighted by atomic mass is 10.1. The Kier molecular flexibility index (Phi) is 10.9. The minimum Gasteiger partial charge on any atom is -0.377 e. The summed E-state index contributed by atoms with van der Waals surface area (Å²) in [7, 11) is 2.59. The van der Waals surface area contributed by atoms with Crippen molar-refractivity contribution in [3.05, 3.63) is 0 Å². The normalized spacial score (nSPS) is 13.5. The zero-order valence-corrected chi connectivity index (χ0v) is 14.7. The molecule has 4 nitrogen and oxygen atoms in total. The van der Waals surface area contributed by atoms with Crippen molar-refractivity contribution in [1.29, 1.82) is 0 Å².